The minimum absolute atomic E-state index is 0. The number of pyridine rings is 1. The third kappa shape index (κ3) is 5.95. The van der Waals surface area contributed by atoms with Gasteiger partial charge in [0.2, 0.25) is 5.91 Å². The monoisotopic (exact) mass is 347 g/mol. The largest absolute Gasteiger partial charge is 0.318 e. The van der Waals surface area contributed by atoms with Crippen LogP contribution in [0.3, 0.4) is 0 Å². The molecule has 0 aliphatic carbocycles. The maximum Gasteiger partial charge on any atom is 0.245 e. The predicted octanol–water partition coefficient (Wildman–Crippen LogP) is 3.74. The first-order valence-corrected chi connectivity index (χ1v) is 8.10. The Bertz CT molecular complexity index is 644. The number of halogens is 1. The second kappa shape index (κ2) is 9.40. The fourth-order valence-corrected chi connectivity index (χ4v) is 2.52. The van der Waals surface area contributed by atoms with Crippen molar-refractivity contribution >= 4 is 24.1 Å². The average Bonchev–Trinajstić information content (AvgIpc) is 2.54. The Kier molecular flexibility index (Phi) is 7.89. The van der Waals surface area contributed by atoms with Gasteiger partial charge in [0, 0.05) is 6.20 Å². The number of aromatic nitrogens is 1. The smallest absolute Gasteiger partial charge is 0.245 e. The lowest BCUT2D eigenvalue weighted by molar-refractivity contribution is -0.120. The number of hydrogen-bond donors (Lipinski definition) is 2. The topological polar surface area (TPSA) is 68.0 Å². The highest BCUT2D eigenvalue weighted by atomic mass is 35.5. The lowest BCUT2D eigenvalue weighted by atomic mass is 9.96. The molecule has 0 saturated heterocycles. The Balaban J connectivity index is 0.00000288. The first-order valence-electron chi connectivity index (χ1n) is 8.10. The highest BCUT2D eigenvalue weighted by Gasteiger charge is 2.27. The molecule has 24 heavy (non-hydrogen) atoms. The summed E-state index contributed by atoms with van der Waals surface area (Å²) < 4.78 is 0. The third-order valence-electron chi connectivity index (χ3n) is 3.90. The molecule has 3 N–H and O–H groups in total. The van der Waals surface area contributed by atoms with Crippen LogP contribution in [-0.2, 0) is 17.6 Å². The molecule has 0 saturated carbocycles. The Morgan fingerprint density at radius 1 is 1.17 bits per heavy atom. The lowest BCUT2D eigenvalue weighted by Crippen LogP contribution is -2.48. The summed E-state index contributed by atoms with van der Waals surface area (Å²) in [4.78, 5) is 16.5. The quantitative estimate of drug-likeness (QED) is 0.801. The molecule has 1 amide bonds. The second-order valence-corrected chi connectivity index (χ2v) is 6.16. The molecule has 1 aromatic heterocycles. The highest BCUT2D eigenvalue weighted by Crippen LogP contribution is 2.14. The normalized spacial score (nSPS) is 12.8. The maximum absolute atomic E-state index is 12.2. The summed E-state index contributed by atoms with van der Waals surface area (Å²) in [5, 5.41) is 2.83. The number of nitrogens with one attached hydrogen (secondary N) is 1. The summed E-state index contributed by atoms with van der Waals surface area (Å²) in [7, 11) is 0. The van der Waals surface area contributed by atoms with Crippen LogP contribution in [0.25, 0.3) is 0 Å². The van der Waals surface area contributed by atoms with E-state index in [-0.39, 0.29) is 18.3 Å². The van der Waals surface area contributed by atoms with Gasteiger partial charge in [-0.15, -0.1) is 12.4 Å². The van der Waals surface area contributed by atoms with E-state index in [1.54, 1.807) is 13.1 Å². The summed E-state index contributed by atoms with van der Waals surface area (Å²) in [5.74, 6) is 0.375. The standard InChI is InChI=1S/C19H25N3O.ClH/c1-3-12-19(2,20)18(23)22-17-14-16(11-13-21-17)10-9-15-7-5-4-6-8-15;/h4-8,11,13-14H,3,9-10,12,20H2,1-2H3,(H,21,22,23);1H. The Morgan fingerprint density at radius 2 is 1.83 bits per heavy atom. The summed E-state index contributed by atoms with van der Waals surface area (Å²) >= 11 is 0. The average molecular weight is 348 g/mol. The molecule has 2 rings (SSSR count). The van der Waals surface area contributed by atoms with Gasteiger partial charge < -0.3 is 11.1 Å². The number of hydrogen-bond acceptors (Lipinski definition) is 3. The number of aryl methyl sites for hydroxylation is 2. The van der Waals surface area contributed by atoms with Crippen LogP contribution in [-0.4, -0.2) is 16.4 Å². The Labute approximate surface area is 150 Å². The van der Waals surface area contributed by atoms with Crippen molar-refractivity contribution in [3.63, 3.8) is 0 Å². The van der Waals surface area contributed by atoms with E-state index >= 15 is 0 Å². The molecule has 0 fully saturated rings. The second-order valence-electron chi connectivity index (χ2n) is 6.16. The van der Waals surface area contributed by atoms with Gasteiger partial charge in [-0.25, -0.2) is 4.98 Å². The molecule has 1 atom stereocenters. The van der Waals surface area contributed by atoms with E-state index < -0.39 is 5.54 Å². The molecule has 1 heterocycles. The molecule has 0 spiro atoms. The zero-order chi connectivity index (χ0) is 16.7. The van der Waals surface area contributed by atoms with Crippen molar-refractivity contribution in [2.24, 2.45) is 5.73 Å². The van der Waals surface area contributed by atoms with E-state index in [1.807, 2.05) is 37.3 Å². The Hall–Kier alpha value is -1.91. The number of rotatable bonds is 7. The van der Waals surface area contributed by atoms with Crippen LogP contribution in [0.2, 0.25) is 0 Å². The fourth-order valence-electron chi connectivity index (χ4n) is 2.52. The highest BCUT2D eigenvalue weighted by molar-refractivity contribution is 5.96. The van der Waals surface area contributed by atoms with Gasteiger partial charge in [0.05, 0.1) is 5.54 Å². The molecular formula is C19H26ClN3O. The molecule has 0 radical (unpaired) electrons. The molecule has 1 unspecified atom stereocenters. The van der Waals surface area contributed by atoms with Gasteiger partial charge in [0.15, 0.2) is 0 Å². The van der Waals surface area contributed by atoms with E-state index in [4.69, 9.17) is 5.73 Å². The molecule has 5 heteroatoms. The maximum atomic E-state index is 12.2. The zero-order valence-corrected chi connectivity index (χ0v) is 15.1. The van der Waals surface area contributed by atoms with E-state index in [0.29, 0.717) is 12.2 Å². The number of benzene rings is 1. The van der Waals surface area contributed by atoms with Crippen molar-refractivity contribution < 1.29 is 4.79 Å². The number of amides is 1. The minimum atomic E-state index is -0.865. The van der Waals surface area contributed by atoms with Gasteiger partial charge in [-0.2, -0.15) is 0 Å². The lowest BCUT2D eigenvalue weighted by Gasteiger charge is -2.22. The predicted molar refractivity (Wildman–Crippen MR) is 101 cm³/mol. The van der Waals surface area contributed by atoms with Crippen molar-refractivity contribution in [3.8, 4) is 0 Å². The molecule has 1 aromatic carbocycles. The van der Waals surface area contributed by atoms with Gasteiger partial charge in [-0.05, 0) is 49.4 Å². The van der Waals surface area contributed by atoms with E-state index in [9.17, 15) is 4.79 Å². The van der Waals surface area contributed by atoms with Crippen molar-refractivity contribution in [1.29, 1.82) is 0 Å². The molecule has 0 aliphatic heterocycles. The van der Waals surface area contributed by atoms with Gasteiger partial charge in [-0.1, -0.05) is 43.7 Å². The minimum Gasteiger partial charge on any atom is -0.318 e. The van der Waals surface area contributed by atoms with Crippen LogP contribution >= 0.6 is 12.4 Å². The van der Waals surface area contributed by atoms with E-state index in [2.05, 4.69) is 22.4 Å². The van der Waals surface area contributed by atoms with Crippen molar-refractivity contribution in [2.75, 3.05) is 5.32 Å². The van der Waals surface area contributed by atoms with E-state index in [0.717, 1.165) is 24.8 Å². The number of nitrogens with zero attached hydrogens (tertiary/aromatic N) is 1. The van der Waals surface area contributed by atoms with Crippen LogP contribution in [0.4, 0.5) is 5.82 Å². The molecular weight excluding hydrogens is 322 g/mol. The molecule has 4 nitrogen and oxygen atoms in total. The summed E-state index contributed by atoms with van der Waals surface area (Å²) in [6.07, 6.45) is 5.11. The SMILES string of the molecule is CCCC(C)(N)C(=O)Nc1cc(CCc2ccccc2)ccn1.Cl. The van der Waals surface area contributed by atoms with Crippen LogP contribution in [0.5, 0.6) is 0 Å². The van der Waals surface area contributed by atoms with Crippen LogP contribution in [0.1, 0.15) is 37.8 Å². The van der Waals surface area contributed by atoms with Crippen molar-refractivity contribution in [3.05, 3.63) is 59.8 Å². The first-order chi connectivity index (χ1) is 11.0. The molecule has 130 valence electrons. The summed E-state index contributed by atoms with van der Waals surface area (Å²) in [6.45, 7) is 3.77. The van der Waals surface area contributed by atoms with Crippen LogP contribution < -0.4 is 11.1 Å². The summed E-state index contributed by atoms with van der Waals surface area (Å²) in [5.41, 5.74) is 7.63. The molecule has 2 aromatic rings. The summed E-state index contributed by atoms with van der Waals surface area (Å²) in [6, 6.07) is 14.2. The van der Waals surface area contributed by atoms with Gasteiger partial charge in [0.1, 0.15) is 5.82 Å². The first kappa shape index (κ1) is 20.1. The zero-order valence-electron chi connectivity index (χ0n) is 14.3. The van der Waals surface area contributed by atoms with Crippen molar-refractivity contribution in [2.45, 2.75) is 45.1 Å². The number of nitrogens with two attached hydrogens (primary N) is 1. The van der Waals surface area contributed by atoms with Crippen LogP contribution in [0.15, 0.2) is 48.7 Å². The number of anilines is 1. The van der Waals surface area contributed by atoms with Gasteiger partial charge in [0.25, 0.3) is 0 Å². The Morgan fingerprint density at radius 3 is 2.50 bits per heavy atom. The third-order valence-corrected chi connectivity index (χ3v) is 3.90. The molecule has 0 aliphatic rings. The van der Waals surface area contributed by atoms with Gasteiger partial charge >= 0.3 is 0 Å². The van der Waals surface area contributed by atoms with Crippen molar-refractivity contribution in [1.82, 2.24) is 4.98 Å². The fraction of sp³-hybridized carbons (Fsp3) is 0.368. The number of carbonyl (C=O) groups is 1. The number of carbonyl (C=O) groups excluding carboxylic acids is 1. The van der Waals surface area contributed by atoms with Gasteiger partial charge in [-0.3, -0.25) is 4.79 Å². The van der Waals surface area contributed by atoms with Crippen LogP contribution in [0, 0.1) is 0 Å². The molecule has 0 bridgehead atoms. The van der Waals surface area contributed by atoms with E-state index in [1.165, 1.54) is 5.56 Å².